The van der Waals surface area contributed by atoms with Crippen molar-refractivity contribution in [2.24, 2.45) is 0 Å². The van der Waals surface area contributed by atoms with E-state index in [1.165, 1.54) is 24.7 Å². The molecule has 0 bridgehead atoms. The minimum absolute atomic E-state index is 0.427. The average molecular weight is 316 g/mol. The van der Waals surface area contributed by atoms with Gasteiger partial charge in [0.1, 0.15) is 0 Å². The summed E-state index contributed by atoms with van der Waals surface area (Å²) < 4.78 is 1.39. The number of likely N-dealkylation sites (N-methyl/N-ethyl adjacent to an activating group) is 1. The third-order valence-electron chi connectivity index (χ3n) is 3.71. The zero-order valence-electron chi connectivity index (χ0n) is 12.6. The summed E-state index contributed by atoms with van der Waals surface area (Å²) in [6.07, 6.45) is 2.23. The van der Waals surface area contributed by atoms with Crippen molar-refractivity contribution in [3.05, 3.63) is 57.1 Å². The van der Waals surface area contributed by atoms with Crippen LogP contribution in [-0.4, -0.2) is 6.54 Å². The Labute approximate surface area is 134 Å². The van der Waals surface area contributed by atoms with E-state index in [2.05, 4.69) is 61.6 Å². The number of aryl methyl sites for hydroxylation is 1. The van der Waals surface area contributed by atoms with Gasteiger partial charge in [-0.15, -0.1) is 22.7 Å². The summed E-state index contributed by atoms with van der Waals surface area (Å²) in [7, 11) is 0. The van der Waals surface area contributed by atoms with E-state index in [0.717, 1.165) is 19.4 Å². The highest BCUT2D eigenvalue weighted by Crippen LogP contribution is 2.32. The molecular formula is C18H21NS2. The quantitative estimate of drug-likeness (QED) is 0.640. The van der Waals surface area contributed by atoms with E-state index in [9.17, 15) is 0 Å². The van der Waals surface area contributed by atoms with Crippen molar-refractivity contribution >= 4 is 32.8 Å². The molecule has 1 N–H and O–H groups in total. The van der Waals surface area contributed by atoms with Crippen molar-refractivity contribution in [1.29, 1.82) is 0 Å². The van der Waals surface area contributed by atoms with E-state index >= 15 is 0 Å². The van der Waals surface area contributed by atoms with Crippen LogP contribution in [0.25, 0.3) is 10.1 Å². The van der Waals surface area contributed by atoms with Gasteiger partial charge in [0, 0.05) is 31.8 Å². The second-order valence-electron chi connectivity index (χ2n) is 5.22. The van der Waals surface area contributed by atoms with Crippen LogP contribution in [0.5, 0.6) is 0 Å². The van der Waals surface area contributed by atoms with E-state index in [1.54, 1.807) is 0 Å². The summed E-state index contributed by atoms with van der Waals surface area (Å²) in [5.41, 5.74) is 0. The molecule has 3 aromatic rings. The lowest BCUT2D eigenvalue weighted by Gasteiger charge is -2.15. The van der Waals surface area contributed by atoms with Crippen LogP contribution in [0.2, 0.25) is 0 Å². The van der Waals surface area contributed by atoms with E-state index in [1.807, 2.05) is 22.7 Å². The second-order valence-corrected chi connectivity index (χ2v) is 7.59. The zero-order valence-corrected chi connectivity index (χ0v) is 14.2. The second kappa shape index (κ2) is 6.73. The highest BCUT2D eigenvalue weighted by atomic mass is 32.1. The Balaban J connectivity index is 1.86. The van der Waals surface area contributed by atoms with Crippen molar-refractivity contribution in [3.8, 4) is 0 Å². The van der Waals surface area contributed by atoms with Crippen molar-refractivity contribution in [3.63, 3.8) is 0 Å². The van der Waals surface area contributed by atoms with Gasteiger partial charge in [0.15, 0.2) is 0 Å². The smallest absolute Gasteiger partial charge is 0.0463 e. The first kappa shape index (κ1) is 14.8. The van der Waals surface area contributed by atoms with Crippen LogP contribution >= 0.6 is 22.7 Å². The van der Waals surface area contributed by atoms with Crippen LogP contribution in [0.4, 0.5) is 0 Å². The van der Waals surface area contributed by atoms with Crippen molar-refractivity contribution in [1.82, 2.24) is 5.32 Å². The molecule has 2 aromatic heterocycles. The fraction of sp³-hybridized carbons (Fsp3) is 0.333. The van der Waals surface area contributed by atoms with Crippen molar-refractivity contribution in [2.75, 3.05) is 6.54 Å². The zero-order chi connectivity index (χ0) is 14.7. The van der Waals surface area contributed by atoms with Gasteiger partial charge >= 0.3 is 0 Å². The van der Waals surface area contributed by atoms with Gasteiger partial charge in [-0.1, -0.05) is 32.0 Å². The number of rotatable bonds is 6. The highest BCUT2D eigenvalue weighted by Gasteiger charge is 2.15. The first-order chi connectivity index (χ1) is 10.3. The maximum Gasteiger partial charge on any atom is 0.0463 e. The van der Waals surface area contributed by atoms with E-state index < -0.39 is 0 Å². The molecule has 21 heavy (non-hydrogen) atoms. The first-order valence-electron chi connectivity index (χ1n) is 7.59. The predicted molar refractivity (Wildman–Crippen MR) is 95.6 cm³/mol. The Morgan fingerprint density at radius 3 is 2.52 bits per heavy atom. The third-order valence-corrected chi connectivity index (χ3v) is 6.19. The molecule has 0 aliphatic carbocycles. The predicted octanol–water partition coefficient (Wildman–Crippen LogP) is 5.42. The van der Waals surface area contributed by atoms with Gasteiger partial charge in [-0.2, -0.15) is 0 Å². The molecule has 0 amide bonds. The molecule has 1 nitrogen and oxygen atoms in total. The van der Waals surface area contributed by atoms with E-state index in [-0.39, 0.29) is 0 Å². The molecule has 1 atom stereocenters. The third kappa shape index (κ3) is 3.37. The number of hydrogen-bond donors (Lipinski definition) is 1. The molecule has 0 aliphatic heterocycles. The SMILES string of the molecule is CCNC(Cc1ccc(CC)s1)c1cc2ccccc2s1. The number of nitrogens with one attached hydrogen (secondary N) is 1. The van der Waals surface area contributed by atoms with Gasteiger partial charge < -0.3 is 5.32 Å². The maximum absolute atomic E-state index is 3.65. The molecule has 110 valence electrons. The molecule has 2 heterocycles. The van der Waals surface area contributed by atoms with Crippen LogP contribution in [0.1, 0.15) is 34.5 Å². The lowest BCUT2D eigenvalue weighted by molar-refractivity contribution is 0.562. The molecule has 0 fully saturated rings. The number of hydrogen-bond acceptors (Lipinski definition) is 3. The Morgan fingerprint density at radius 1 is 1.00 bits per heavy atom. The maximum atomic E-state index is 3.65. The summed E-state index contributed by atoms with van der Waals surface area (Å²) in [4.78, 5) is 4.41. The Bertz CT molecular complexity index is 678. The Kier molecular flexibility index (Phi) is 4.73. The van der Waals surface area contributed by atoms with Crippen LogP contribution in [0.15, 0.2) is 42.5 Å². The highest BCUT2D eigenvalue weighted by molar-refractivity contribution is 7.19. The fourth-order valence-electron chi connectivity index (χ4n) is 2.62. The summed E-state index contributed by atoms with van der Waals surface area (Å²) in [6, 6.07) is 16.0. The molecule has 0 aliphatic rings. The van der Waals surface area contributed by atoms with Gasteiger partial charge in [-0.3, -0.25) is 0 Å². The average Bonchev–Trinajstić information content (AvgIpc) is 3.12. The van der Waals surface area contributed by atoms with Gasteiger partial charge in [0.05, 0.1) is 0 Å². The number of fused-ring (bicyclic) bond motifs is 1. The standard InChI is InChI=1S/C18H21NS2/c1-3-14-9-10-15(20-14)12-16(19-4-2)18-11-13-7-5-6-8-17(13)21-18/h5-11,16,19H,3-4,12H2,1-2H3. The van der Waals surface area contributed by atoms with E-state index in [0.29, 0.717) is 6.04 Å². The van der Waals surface area contributed by atoms with Crippen molar-refractivity contribution < 1.29 is 0 Å². The summed E-state index contributed by atoms with van der Waals surface area (Å²) in [5.74, 6) is 0. The topological polar surface area (TPSA) is 12.0 Å². The largest absolute Gasteiger partial charge is 0.309 e. The monoisotopic (exact) mass is 315 g/mol. The molecule has 0 radical (unpaired) electrons. The van der Waals surface area contributed by atoms with Crippen molar-refractivity contribution in [2.45, 2.75) is 32.7 Å². The van der Waals surface area contributed by atoms with Crippen LogP contribution in [-0.2, 0) is 12.8 Å². The van der Waals surface area contributed by atoms with Crippen LogP contribution in [0, 0.1) is 0 Å². The van der Waals surface area contributed by atoms with E-state index in [4.69, 9.17) is 0 Å². The molecule has 1 unspecified atom stereocenters. The molecule has 3 rings (SSSR count). The van der Waals surface area contributed by atoms with Gasteiger partial charge in [-0.25, -0.2) is 0 Å². The van der Waals surface area contributed by atoms with Gasteiger partial charge in [0.2, 0.25) is 0 Å². The Morgan fingerprint density at radius 2 is 1.81 bits per heavy atom. The van der Waals surface area contributed by atoms with Gasteiger partial charge in [-0.05, 0) is 42.6 Å². The number of benzene rings is 1. The van der Waals surface area contributed by atoms with Crippen LogP contribution < -0.4 is 5.32 Å². The summed E-state index contributed by atoms with van der Waals surface area (Å²) in [5, 5.41) is 5.01. The molecule has 1 aromatic carbocycles. The molecule has 3 heteroatoms. The fourth-order valence-corrected chi connectivity index (χ4v) is 4.76. The Hall–Kier alpha value is -1.16. The summed E-state index contributed by atoms with van der Waals surface area (Å²) in [6.45, 7) is 5.42. The molecule has 0 spiro atoms. The minimum Gasteiger partial charge on any atom is -0.309 e. The van der Waals surface area contributed by atoms with Crippen LogP contribution in [0.3, 0.4) is 0 Å². The first-order valence-corrected chi connectivity index (χ1v) is 9.23. The lowest BCUT2D eigenvalue weighted by atomic mass is 10.1. The minimum atomic E-state index is 0.427. The number of thiophene rings is 2. The summed E-state index contributed by atoms with van der Waals surface area (Å²) >= 11 is 3.87. The lowest BCUT2D eigenvalue weighted by Crippen LogP contribution is -2.21. The molecular weight excluding hydrogens is 294 g/mol. The molecule has 0 saturated heterocycles. The molecule has 0 saturated carbocycles. The van der Waals surface area contributed by atoms with Gasteiger partial charge in [0.25, 0.3) is 0 Å². The normalized spacial score (nSPS) is 12.9.